The van der Waals surface area contributed by atoms with Gasteiger partial charge in [0.1, 0.15) is 0 Å². The maximum absolute atomic E-state index is 4.44. The fraction of sp³-hybridized carbons (Fsp3) is 0.455. The van der Waals surface area contributed by atoms with Gasteiger partial charge in [-0.3, -0.25) is 0 Å². The molecule has 1 rings (SSSR count). The van der Waals surface area contributed by atoms with Crippen LogP contribution >= 0.6 is 12.6 Å². The van der Waals surface area contributed by atoms with Crippen molar-refractivity contribution in [1.29, 1.82) is 0 Å². The molecule has 1 unspecified atom stereocenters. The van der Waals surface area contributed by atoms with Crippen molar-refractivity contribution >= 4 is 18.5 Å². The zero-order valence-corrected chi connectivity index (χ0v) is 9.18. The third-order valence-electron chi connectivity index (χ3n) is 2.03. The molecule has 1 aliphatic heterocycles. The first-order valence-electron chi connectivity index (χ1n) is 4.50. The van der Waals surface area contributed by atoms with Crippen LogP contribution in [-0.4, -0.2) is 11.1 Å². The van der Waals surface area contributed by atoms with E-state index in [4.69, 9.17) is 0 Å². The molecule has 0 saturated heterocycles. The second-order valence-electron chi connectivity index (χ2n) is 3.46. The highest BCUT2D eigenvalue weighted by Crippen LogP contribution is 2.23. The highest BCUT2D eigenvalue weighted by molar-refractivity contribution is 7.81. The average Bonchev–Trinajstić information content (AvgIpc) is 2.27. The molecule has 1 nitrogen and oxygen atoms in total. The van der Waals surface area contributed by atoms with Gasteiger partial charge in [0.25, 0.3) is 0 Å². The summed E-state index contributed by atoms with van der Waals surface area (Å²) in [6.45, 7) is 6.42. The number of hydrogen-bond acceptors (Lipinski definition) is 2. The third kappa shape index (κ3) is 2.61. The van der Waals surface area contributed by atoms with Crippen LogP contribution in [-0.2, 0) is 0 Å². The van der Waals surface area contributed by atoms with E-state index < -0.39 is 0 Å². The van der Waals surface area contributed by atoms with Gasteiger partial charge in [-0.1, -0.05) is 13.8 Å². The van der Waals surface area contributed by atoms with E-state index in [-0.39, 0.29) is 5.25 Å². The molecule has 70 valence electrons. The fourth-order valence-corrected chi connectivity index (χ4v) is 1.56. The van der Waals surface area contributed by atoms with Gasteiger partial charge in [0.05, 0.1) is 0 Å². The predicted octanol–water partition coefficient (Wildman–Crippen LogP) is 3.01. The molecule has 0 bridgehead atoms. The molecule has 1 heterocycles. The van der Waals surface area contributed by atoms with Crippen LogP contribution in [0.1, 0.15) is 20.8 Å². The molecule has 0 spiro atoms. The Morgan fingerprint density at radius 3 is 2.54 bits per heavy atom. The molecule has 0 radical (unpaired) electrons. The predicted molar refractivity (Wildman–Crippen MR) is 61.5 cm³/mol. The summed E-state index contributed by atoms with van der Waals surface area (Å²) in [5.74, 6) is 3.38. The lowest BCUT2D eigenvalue weighted by molar-refractivity contribution is 0.778. The number of nitrogens with zero attached hydrogens (tertiary/aromatic N) is 1. The molecular formula is C11H15NS. The number of aliphatic imine (C=N–C) groups is 1. The van der Waals surface area contributed by atoms with Crippen molar-refractivity contribution in [2.75, 3.05) is 0 Å². The zero-order valence-electron chi connectivity index (χ0n) is 8.28. The summed E-state index contributed by atoms with van der Waals surface area (Å²) in [5, 5.41) is 0.239. The minimum absolute atomic E-state index is 0.239. The molecule has 1 aliphatic rings. The summed E-state index contributed by atoms with van der Waals surface area (Å²) < 4.78 is 0. The lowest BCUT2D eigenvalue weighted by Gasteiger charge is -2.13. The maximum Gasteiger partial charge on any atom is 0.0371 e. The van der Waals surface area contributed by atoms with Crippen molar-refractivity contribution in [3.8, 4) is 0 Å². The van der Waals surface area contributed by atoms with E-state index in [9.17, 15) is 0 Å². The number of hydrogen-bond donors (Lipinski definition) is 1. The molecule has 0 aliphatic carbocycles. The average molecular weight is 193 g/mol. The lowest BCUT2D eigenvalue weighted by atomic mass is 9.95. The SMILES string of the molecule is CC(C)C1=C(C(C)S)C=C=NC=C1. The van der Waals surface area contributed by atoms with Crippen LogP contribution in [0, 0.1) is 5.92 Å². The molecule has 0 fully saturated rings. The summed E-state index contributed by atoms with van der Waals surface area (Å²) in [6, 6.07) is 0. The van der Waals surface area contributed by atoms with Gasteiger partial charge < -0.3 is 0 Å². The minimum atomic E-state index is 0.239. The van der Waals surface area contributed by atoms with Crippen LogP contribution in [0.5, 0.6) is 0 Å². The van der Waals surface area contributed by atoms with E-state index in [1.165, 1.54) is 11.1 Å². The zero-order chi connectivity index (χ0) is 9.84. The Morgan fingerprint density at radius 1 is 1.31 bits per heavy atom. The van der Waals surface area contributed by atoms with Gasteiger partial charge in [-0.2, -0.15) is 12.6 Å². The van der Waals surface area contributed by atoms with Crippen molar-refractivity contribution in [3.05, 3.63) is 29.5 Å². The standard InChI is InChI=1S/C11H15NS/c1-8(2)10-4-6-12-7-5-11(10)9(3)13/h4-6,8-9,13H,1-3H3. The van der Waals surface area contributed by atoms with E-state index in [0.717, 1.165) is 0 Å². The Labute approximate surface area is 85.4 Å². The van der Waals surface area contributed by atoms with Gasteiger partial charge in [-0.25, -0.2) is 4.99 Å². The van der Waals surface area contributed by atoms with Crippen molar-refractivity contribution < 1.29 is 0 Å². The van der Waals surface area contributed by atoms with Crippen LogP contribution < -0.4 is 0 Å². The molecule has 0 N–H and O–H groups in total. The first kappa shape index (κ1) is 10.4. The Hall–Kier alpha value is -0.720. The van der Waals surface area contributed by atoms with E-state index in [1.807, 2.05) is 12.2 Å². The quantitative estimate of drug-likeness (QED) is 0.647. The molecule has 1 atom stereocenters. The van der Waals surface area contributed by atoms with Crippen molar-refractivity contribution in [2.24, 2.45) is 10.9 Å². The monoisotopic (exact) mass is 193 g/mol. The van der Waals surface area contributed by atoms with Crippen LogP contribution in [0.3, 0.4) is 0 Å². The highest BCUT2D eigenvalue weighted by Gasteiger charge is 2.10. The Kier molecular flexibility index (Phi) is 3.58. The second kappa shape index (κ2) is 4.50. The van der Waals surface area contributed by atoms with Gasteiger partial charge in [0, 0.05) is 17.5 Å². The molecule has 13 heavy (non-hydrogen) atoms. The van der Waals surface area contributed by atoms with Gasteiger partial charge in [0.2, 0.25) is 0 Å². The van der Waals surface area contributed by atoms with Crippen molar-refractivity contribution in [1.82, 2.24) is 0 Å². The van der Waals surface area contributed by atoms with Crippen LogP contribution in [0.25, 0.3) is 0 Å². The highest BCUT2D eigenvalue weighted by atomic mass is 32.1. The summed E-state index contributed by atoms with van der Waals surface area (Å²) in [4.78, 5) is 3.97. The lowest BCUT2D eigenvalue weighted by Crippen LogP contribution is -2.03. The van der Waals surface area contributed by atoms with Gasteiger partial charge in [0.15, 0.2) is 0 Å². The van der Waals surface area contributed by atoms with E-state index in [2.05, 4.69) is 44.3 Å². The molecule has 0 aromatic rings. The molecule has 0 aromatic carbocycles. The Bertz CT molecular complexity index is 302. The number of thiol groups is 1. The minimum Gasteiger partial charge on any atom is -0.214 e. The number of allylic oxidation sites excluding steroid dienone is 3. The third-order valence-corrected chi connectivity index (χ3v) is 2.31. The van der Waals surface area contributed by atoms with Crippen LogP contribution in [0.2, 0.25) is 0 Å². The van der Waals surface area contributed by atoms with Crippen molar-refractivity contribution in [3.63, 3.8) is 0 Å². The fourth-order valence-electron chi connectivity index (χ4n) is 1.33. The summed E-state index contributed by atoms with van der Waals surface area (Å²) >= 11 is 4.44. The Balaban J connectivity index is 3.15. The Morgan fingerprint density at radius 2 is 2.00 bits per heavy atom. The smallest absolute Gasteiger partial charge is 0.0371 e. The van der Waals surface area contributed by atoms with E-state index in [0.29, 0.717) is 5.92 Å². The summed E-state index contributed by atoms with van der Waals surface area (Å²) in [5.41, 5.74) is 2.52. The molecule has 0 amide bonds. The van der Waals surface area contributed by atoms with Crippen molar-refractivity contribution in [2.45, 2.75) is 26.0 Å². The molecule has 0 saturated carbocycles. The summed E-state index contributed by atoms with van der Waals surface area (Å²) in [6.07, 6.45) is 5.76. The molecule has 2 heteroatoms. The van der Waals surface area contributed by atoms with E-state index >= 15 is 0 Å². The molecule has 0 aromatic heterocycles. The largest absolute Gasteiger partial charge is 0.214 e. The summed E-state index contributed by atoms with van der Waals surface area (Å²) in [7, 11) is 0. The topological polar surface area (TPSA) is 12.4 Å². The van der Waals surface area contributed by atoms with Crippen LogP contribution in [0.15, 0.2) is 34.5 Å². The maximum atomic E-state index is 4.44. The van der Waals surface area contributed by atoms with Gasteiger partial charge in [-0.05, 0) is 35.9 Å². The number of rotatable bonds is 2. The van der Waals surface area contributed by atoms with Gasteiger partial charge >= 0.3 is 0 Å². The first-order chi connectivity index (χ1) is 6.13. The second-order valence-corrected chi connectivity index (χ2v) is 4.23. The first-order valence-corrected chi connectivity index (χ1v) is 5.02. The van der Waals surface area contributed by atoms with Gasteiger partial charge in [-0.15, -0.1) is 0 Å². The molecular weight excluding hydrogens is 178 g/mol. The van der Waals surface area contributed by atoms with E-state index in [1.54, 1.807) is 6.20 Å². The normalized spacial score (nSPS) is 18.2. The van der Waals surface area contributed by atoms with Crippen LogP contribution in [0.4, 0.5) is 0 Å².